The van der Waals surface area contributed by atoms with Crippen molar-refractivity contribution < 1.29 is 4.79 Å². The maximum Gasteiger partial charge on any atom is 0.225 e. The van der Waals surface area contributed by atoms with Crippen molar-refractivity contribution in [2.45, 2.75) is 55.7 Å². The van der Waals surface area contributed by atoms with E-state index in [-0.39, 0.29) is 22.6 Å². The van der Waals surface area contributed by atoms with Crippen LogP contribution in [-0.2, 0) is 4.79 Å². The summed E-state index contributed by atoms with van der Waals surface area (Å²) in [5.41, 5.74) is 0. The average Bonchev–Trinajstić information content (AvgIpc) is 3.26. The Hall–Kier alpha value is -1.69. The van der Waals surface area contributed by atoms with Gasteiger partial charge in [0.25, 0.3) is 0 Å². The minimum atomic E-state index is 0.0652. The Kier molecular flexibility index (Phi) is 6.68. The maximum atomic E-state index is 12.2. The van der Waals surface area contributed by atoms with E-state index in [1.54, 1.807) is 0 Å². The van der Waals surface area contributed by atoms with Gasteiger partial charge in [0.15, 0.2) is 5.96 Å². The zero-order valence-electron chi connectivity index (χ0n) is 16.7. The van der Waals surface area contributed by atoms with Crippen molar-refractivity contribution in [3.8, 4) is 0 Å². The highest BCUT2D eigenvalue weighted by atomic mass is 32.2. The van der Waals surface area contributed by atoms with Crippen LogP contribution in [0.25, 0.3) is 0 Å². The summed E-state index contributed by atoms with van der Waals surface area (Å²) in [7, 11) is 0. The van der Waals surface area contributed by atoms with Crippen molar-refractivity contribution in [2.75, 3.05) is 26.2 Å². The van der Waals surface area contributed by atoms with Crippen LogP contribution in [0.2, 0.25) is 0 Å². The molecule has 5 nitrogen and oxygen atoms in total. The van der Waals surface area contributed by atoms with E-state index >= 15 is 0 Å². The van der Waals surface area contributed by atoms with Crippen LogP contribution in [0.4, 0.5) is 0 Å². The van der Waals surface area contributed by atoms with Gasteiger partial charge in [-0.25, -0.2) is 0 Å². The van der Waals surface area contributed by atoms with Crippen LogP contribution in [0.15, 0.2) is 40.2 Å². The van der Waals surface area contributed by atoms with E-state index in [0.717, 1.165) is 38.6 Å². The maximum absolute atomic E-state index is 12.2. The number of amides is 1. The number of nitrogens with zero attached hydrogens (tertiary/aromatic N) is 2. The summed E-state index contributed by atoms with van der Waals surface area (Å²) in [5, 5.41) is 6.91. The van der Waals surface area contributed by atoms with Gasteiger partial charge in [0.2, 0.25) is 5.91 Å². The van der Waals surface area contributed by atoms with Gasteiger partial charge in [0.1, 0.15) is 0 Å². The fraction of sp³-hybridized carbons (Fsp3) is 0.619. The number of carbonyl (C=O) groups excluding carboxylic acids is 1. The molecule has 1 aliphatic heterocycles. The molecule has 0 bridgehead atoms. The largest absolute Gasteiger partial charge is 0.357 e. The zero-order chi connectivity index (χ0) is 19.3. The van der Waals surface area contributed by atoms with Gasteiger partial charge in [0, 0.05) is 41.2 Å². The summed E-state index contributed by atoms with van der Waals surface area (Å²) in [6, 6.07) is 10.9. The van der Waals surface area contributed by atoms with Gasteiger partial charge in [-0.3, -0.25) is 9.79 Å². The van der Waals surface area contributed by atoms with Crippen molar-refractivity contribution in [1.82, 2.24) is 15.5 Å². The Balaban J connectivity index is 1.55. The lowest BCUT2D eigenvalue weighted by molar-refractivity contribution is -0.133. The Labute approximate surface area is 167 Å². The number of carbonyl (C=O) groups is 1. The average molecular weight is 389 g/mol. The predicted octanol–water partition coefficient (Wildman–Crippen LogP) is 3.12. The number of benzene rings is 1. The molecule has 6 heteroatoms. The molecule has 0 spiro atoms. The molecule has 1 unspecified atom stereocenters. The number of rotatable bonds is 7. The van der Waals surface area contributed by atoms with Gasteiger partial charge < -0.3 is 15.5 Å². The van der Waals surface area contributed by atoms with Crippen LogP contribution in [0, 0.1) is 5.92 Å². The van der Waals surface area contributed by atoms with Crippen LogP contribution in [0.5, 0.6) is 0 Å². The third-order valence-corrected chi connectivity index (χ3v) is 6.57. The number of hydrogen-bond donors (Lipinski definition) is 2. The van der Waals surface area contributed by atoms with E-state index in [1.165, 1.54) is 17.7 Å². The van der Waals surface area contributed by atoms with Crippen LogP contribution in [0.3, 0.4) is 0 Å². The summed E-state index contributed by atoms with van der Waals surface area (Å²) in [6.45, 7) is 9.29. The third kappa shape index (κ3) is 5.64. The fourth-order valence-electron chi connectivity index (χ4n) is 3.35. The zero-order valence-corrected chi connectivity index (χ0v) is 17.5. The van der Waals surface area contributed by atoms with E-state index in [9.17, 15) is 4.79 Å². The second-order valence-electron chi connectivity index (χ2n) is 7.86. The van der Waals surface area contributed by atoms with Gasteiger partial charge in [-0.05, 0) is 38.3 Å². The van der Waals surface area contributed by atoms with Gasteiger partial charge in [-0.15, -0.1) is 11.8 Å². The predicted molar refractivity (Wildman–Crippen MR) is 113 cm³/mol. The molecule has 2 fully saturated rings. The van der Waals surface area contributed by atoms with E-state index in [2.05, 4.69) is 47.9 Å². The summed E-state index contributed by atoms with van der Waals surface area (Å²) in [5.74, 6) is 1.19. The highest BCUT2D eigenvalue weighted by Crippen LogP contribution is 2.51. The first-order chi connectivity index (χ1) is 13.0. The molecule has 2 aliphatic rings. The molecular weight excluding hydrogens is 356 g/mol. The van der Waals surface area contributed by atoms with Crippen LogP contribution in [-0.4, -0.2) is 53.7 Å². The molecule has 3 rings (SSSR count). The fourth-order valence-corrected chi connectivity index (χ4v) is 4.58. The van der Waals surface area contributed by atoms with Gasteiger partial charge in [-0.2, -0.15) is 0 Å². The smallest absolute Gasteiger partial charge is 0.225 e. The molecule has 0 aromatic heterocycles. The van der Waals surface area contributed by atoms with Crippen molar-refractivity contribution in [1.29, 1.82) is 0 Å². The van der Waals surface area contributed by atoms with Crippen molar-refractivity contribution in [2.24, 2.45) is 10.9 Å². The van der Waals surface area contributed by atoms with Crippen molar-refractivity contribution >= 4 is 23.6 Å². The van der Waals surface area contributed by atoms with E-state index < -0.39 is 0 Å². The monoisotopic (exact) mass is 388 g/mol. The second kappa shape index (κ2) is 9.00. The first-order valence-electron chi connectivity index (χ1n) is 10.1. The number of likely N-dealkylation sites (tertiary alicyclic amines) is 1. The molecule has 148 valence electrons. The Morgan fingerprint density at radius 3 is 2.70 bits per heavy atom. The normalized spacial score (nSPS) is 21.4. The quantitative estimate of drug-likeness (QED) is 0.557. The molecule has 1 saturated heterocycles. The lowest BCUT2D eigenvalue weighted by Gasteiger charge is -2.21. The lowest BCUT2D eigenvalue weighted by Crippen LogP contribution is -2.45. The Bertz CT molecular complexity index is 657. The SMILES string of the molecule is CCNC(=NCC1(Sc2ccccc2)CC1)NC1CCN(C(=O)C(C)C)C1. The molecule has 0 radical (unpaired) electrons. The van der Waals surface area contributed by atoms with Gasteiger partial charge >= 0.3 is 0 Å². The molecule has 1 aromatic rings. The minimum Gasteiger partial charge on any atom is -0.357 e. The highest BCUT2D eigenvalue weighted by Gasteiger charge is 2.43. The van der Waals surface area contributed by atoms with Crippen LogP contribution >= 0.6 is 11.8 Å². The van der Waals surface area contributed by atoms with E-state index in [0.29, 0.717) is 0 Å². The number of hydrogen-bond acceptors (Lipinski definition) is 3. The van der Waals surface area contributed by atoms with E-state index in [1.807, 2.05) is 30.5 Å². The second-order valence-corrected chi connectivity index (χ2v) is 9.40. The Morgan fingerprint density at radius 2 is 2.07 bits per heavy atom. The van der Waals surface area contributed by atoms with Crippen molar-refractivity contribution in [3.05, 3.63) is 30.3 Å². The number of guanidine groups is 1. The van der Waals surface area contributed by atoms with Crippen molar-refractivity contribution in [3.63, 3.8) is 0 Å². The molecular formula is C21H32N4OS. The lowest BCUT2D eigenvalue weighted by atomic mass is 10.2. The number of thioether (sulfide) groups is 1. The van der Waals surface area contributed by atoms with Crippen LogP contribution in [0.1, 0.15) is 40.0 Å². The van der Waals surface area contributed by atoms with E-state index in [4.69, 9.17) is 4.99 Å². The molecule has 1 aromatic carbocycles. The first kappa shape index (κ1) is 20.1. The van der Waals surface area contributed by atoms with Gasteiger partial charge in [-0.1, -0.05) is 32.0 Å². The standard InChI is InChI=1S/C21H32N4OS/c1-4-22-20(24-17-10-13-25(14-17)19(26)16(2)3)23-15-21(11-12-21)27-18-8-6-5-7-9-18/h5-9,16-17H,4,10-15H2,1-3H3,(H2,22,23,24). The highest BCUT2D eigenvalue weighted by molar-refractivity contribution is 8.01. The molecule has 1 aliphatic carbocycles. The Morgan fingerprint density at radius 1 is 1.33 bits per heavy atom. The summed E-state index contributed by atoms with van der Waals surface area (Å²) < 4.78 is 0.249. The third-order valence-electron chi connectivity index (χ3n) is 5.09. The molecule has 2 N–H and O–H groups in total. The molecule has 1 atom stereocenters. The minimum absolute atomic E-state index is 0.0652. The molecule has 1 heterocycles. The van der Waals surface area contributed by atoms with Gasteiger partial charge in [0.05, 0.1) is 6.54 Å². The topological polar surface area (TPSA) is 56.7 Å². The summed E-state index contributed by atoms with van der Waals surface area (Å²) in [6.07, 6.45) is 3.41. The first-order valence-corrected chi connectivity index (χ1v) is 10.9. The number of aliphatic imine (C=N–C) groups is 1. The molecule has 1 amide bonds. The number of nitrogens with one attached hydrogen (secondary N) is 2. The van der Waals surface area contributed by atoms with Crippen LogP contribution < -0.4 is 10.6 Å². The summed E-state index contributed by atoms with van der Waals surface area (Å²) in [4.78, 5) is 20.4. The summed E-state index contributed by atoms with van der Waals surface area (Å²) >= 11 is 1.95. The molecule has 27 heavy (non-hydrogen) atoms. The molecule has 1 saturated carbocycles.